The number of aromatic nitrogens is 2. The Morgan fingerprint density at radius 2 is 2.05 bits per heavy atom. The molecule has 1 aromatic carbocycles. The average Bonchev–Trinajstić information content (AvgIpc) is 2.90. The standard InChI is InChI=1S/C16H22N4O2/c1-11(2)16(3,10-17)18-15(22)14-13(21)9-20(19-14)12-7-5-4-6-8-12/h4-9,11,21H,10,17H2,1-3H3,(H,18,22). The first-order valence-electron chi connectivity index (χ1n) is 7.24. The van der Waals surface area contributed by atoms with Gasteiger partial charge >= 0.3 is 0 Å². The predicted molar refractivity (Wildman–Crippen MR) is 85.0 cm³/mol. The third kappa shape index (κ3) is 3.12. The number of nitrogens with one attached hydrogen (secondary N) is 1. The molecule has 1 unspecified atom stereocenters. The maximum absolute atomic E-state index is 12.4. The summed E-state index contributed by atoms with van der Waals surface area (Å²) in [6.07, 6.45) is 1.42. The highest BCUT2D eigenvalue weighted by Gasteiger charge is 2.30. The van der Waals surface area contributed by atoms with Crippen LogP contribution in [0.1, 0.15) is 31.3 Å². The fourth-order valence-electron chi connectivity index (χ4n) is 1.99. The monoisotopic (exact) mass is 302 g/mol. The molecule has 6 nitrogen and oxygen atoms in total. The number of nitrogens with two attached hydrogens (primary N) is 1. The average molecular weight is 302 g/mol. The first kappa shape index (κ1) is 16.0. The molecule has 118 valence electrons. The predicted octanol–water partition coefficient (Wildman–Crippen LogP) is 1.68. The molecule has 1 aromatic heterocycles. The molecule has 2 aromatic rings. The Balaban J connectivity index is 2.26. The van der Waals surface area contributed by atoms with E-state index in [0.29, 0.717) is 6.54 Å². The van der Waals surface area contributed by atoms with Gasteiger partial charge < -0.3 is 16.2 Å². The van der Waals surface area contributed by atoms with Crippen LogP contribution >= 0.6 is 0 Å². The molecule has 0 radical (unpaired) electrons. The lowest BCUT2D eigenvalue weighted by Gasteiger charge is -2.33. The van der Waals surface area contributed by atoms with E-state index in [1.165, 1.54) is 10.9 Å². The molecule has 0 aliphatic carbocycles. The van der Waals surface area contributed by atoms with Crippen molar-refractivity contribution < 1.29 is 9.90 Å². The van der Waals surface area contributed by atoms with Crippen molar-refractivity contribution in [2.24, 2.45) is 11.7 Å². The van der Waals surface area contributed by atoms with E-state index in [4.69, 9.17) is 5.73 Å². The highest BCUT2D eigenvalue weighted by Crippen LogP contribution is 2.21. The first-order chi connectivity index (χ1) is 10.4. The van der Waals surface area contributed by atoms with Crippen LogP contribution in [0.4, 0.5) is 0 Å². The minimum absolute atomic E-state index is 0.0100. The van der Waals surface area contributed by atoms with Crippen molar-refractivity contribution >= 4 is 5.91 Å². The van der Waals surface area contributed by atoms with Crippen LogP contribution in [0.2, 0.25) is 0 Å². The quantitative estimate of drug-likeness (QED) is 0.783. The molecule has 0 fully saturated rings. The maximum Gasteiger partial charge on any atom is 0.276 e. The van der Waals surface area contributed by atoms with Crippen LogP contribution in [0.15, 0.2) is 36.5 Å². The molecular weight excluding hydrogens is 280 g/mol. The van der Waals surface area contributed by atoms with Crippen LogP contribution < -0.4 is 11.1 Å². The van der Waals surface area contributed by atoms with Crippen molar-refractivity contribution in [3.63, 3.8) is 0 Å². The molecule has 1 atom stereocenters. The van der Waals surface area contributed by atoms with Crippen LogP contribution in [0, 0.1) is 5.92 Å². The van der Waals surface area contributed by atoms with Crippen molar-refractivity contribution in [3.8, 4) is 11.4 Å². The summed E-state index contributed by atoms with van der Waals surface area (Å²) in [5.41, 5.74) is 5.97. The molecule has 1 heterocycles. The number of carbonyl (C=O) groups is 1. The van der Waals surface area contributed by atoms with E-state index in [1.54, 1.807) is 0 Å². The molecule has 2 rings (SSSR count). The van der Waals surface area contributed by atoms with Crippen LogP contribution in [-0.2, 0) is 0 Å². The van der Waals surface area contributed by atoms with Gasteiger partial charge in [0.25, 0.3) is 5.91 Å². The van der Waals surface area contributed by atoms with E-state index >= 15 is 0 Å². The Labute approximate surface area is 129 Å². The van der Waals surface area contributed by atoms with Gasteiger partial charge in [-0.15, -0.1) is 0 Å². The molecule has 22 heavy (non-hydrogen) atoms. The van der Waals surface area contributed by atoms with Gasteiger partial charge in [-0.3, -0.25) is 4.79 Å². The summed E-state index contributed by atoms with van der Waals surface area (Å²) in [5, 5.41) is 17.0. The molecule has 0 aliphatic rings. The summed E-state index contributed by atoms with van der Waals surface area (Å²) in [5.74, 6) is -0.446. The summed E-state index contributed by atoms with van der Waals surface area (Å²) in [4.78, 5) is 12.4. The number of para-hydroxylation sites is 1. The van der Waals surface area contributed by atoms with Crippen molar-refractivity contribution in [2.75, 3.05) is 6.54 Å². The van der Waals surface area contributed by atoms with Gasteiger partial charge in [-0.1, -0.05) is 32.0 Å². The van der Waals surface area contributed by atoms with Crippen molar-refractivity contribution in [1.29, 1.82) is 0 Å². The highest BCUT2D eigenvalue weighted by molar-refractivity contribution is 5.95. The SMILES string of the molecule is CC(C)C(C)(CN)NC(=O)c1nn(-c2ccccc2)cc1O. The molecule has 0 saturated heterocycles. The zero-order valence-corrected chi connectivity index (χ0v) is 13.1. The number of aromatic hydroxyl groups is 1. The number of amides is 1. The molecule has 0 aliphatic heterocycles. The lowest BCUT2D eigenvalue weighted by Crippen LogP contribution is -2.55. The molecule has 0 saturated carbocycles. The third-order valence-electron chi connectivity index (χ3n) is 4.03. The Bertz CT molecular complexity index is 651. The Morgan fingerprint density at radius 1 is 1.41 bits per heavy atom. The van der Waals surface area contributed by atoms with Crippen LogP contribution in [0.3, 0.4) is 0 Å². The van der Waals surface area contributed by atoms with Crippen molar-refractivity contribution in [1.82, 2.24) is 15.1 Å². The van der Waals surface area contributed by atoms with Gasteiger partial charge in [0.05, 0.1) is 17.4 Å². The van der Waals surface area contributed by atoms with Gasteiger partial charge in [0, 0.05) is 6.54 Å². The molecule has 0 bridgehead atoms. The minimum atomic E-state index is -0.556. The highest BCUT2D eigenvalue weighted by atomic mass is 16.3. The summed E-state index contributed by atoms with van der Waals surface area (Å²) >= 11 is 0. The second-order valence-corrected chi connectivity index (χ2v) is 5.87. The fourth-order valence-corrected chi connectivity index (χ4v) is 1.99. The van der Waals surface area contributed by atoms with Gasteiger partial charge in [-0.05, 0) is 25.0 Å². The number of benzene rings is 1. The lowest BCUT2D eigenvalue weighted by atomic mass is 9.88. The summed E-state index contributed by atoms with van der Waals surface area (Å²) in [6.45, 7) is 6.14. The van der Waals surface area contributed by atoms with Crippen LogP contribution in [-0.4, -0.2) is 32.9 Å². The maximum atomic E-state index is 12.4. The van der Waals surface area contributed by atoms with Gasteiger partial charge in [0.15, 0.2) is 11.4 Å². The Morgan fingerprint density at radius 3 is 2.59 bits per heavy atom. The second-order valence-electron chi connectivity index (χ2n) is 5.87. The smallest absolute Gasteiger partial charge is 0.276 e. The number of rotatable bonds is 5. The fraction of sp³-hybridized carbons (Fsp3) is 0.375. The lowest BCUT2D eigenvalue weighted by molar-refractivity contribution is 0.0875. The normalized spacial score (nSPS) is 13.9. The molecule has 4 N–H and O–H groups in total. The summed E-state index contributed by atoms with van der Waals surface area (Å²) in [7, 11) is 0. The zero-order valence-electron chi connectivity index (χ0n) is 13.1. The number of hydrogen-bond acceptors (Lipinski definition) is 4. The van der Waals surface area contributed by atoms with E-state index in [-0.39, 0.29) is 17.4 Å². The number of nitrogens with zero attached hydrogens (tertiary/aromatic N) is 2. The first-order valence-corrected chi connectivity index (χ1v) is 7.24. The topological polar surface area (TPSA) is 93.2 Å². The third-order valence-corrected chi connectivity index (χ3v) is 4.03. The molecular formula is C16H22N4O2. The Hall–Kier alpha value is -2.34. The van der Waals surface area contributed by atoms with Gasteiger partial charge in [-0.25, -0.2) is 4.68 Å². The van der Waals surface area contributed by atoms with E-state index in [2.05, 4.69) is 10.4 Å². The van der Waals surface area contributed by atoms with Crippen LogP contribution in [0.5, 0.6) is 5.75 Å². The van der Waals surface area contributed by atoms with E-state index in [0.717, 1.165) is 5.69 Å². The van der Waals surface area contributed by atoms with Crippen molar-refractivity contribution in [2.45, 2.75) is 26.3 Å². The van der Waals surface area contributed by atoms with E-state index < -0.39 is 11.4 Å². The van der Waals surface area contributed by atoms with E-state index in [1.807, 2.05) is 51.1 Å². The Kier molecular flexibility index (Phi) is 4.51. The molecule has 1 amide bonds. The number of carbonyl (C=O) groups excluding carboxylic acids is 1. The molecule has 0 spiro atoms. The van der Waals surface area contributed by atoms with E-state index in [9.17, 15) is 9.90 Å². The van der Waals surface area contributed by atoms with Gasteiger partial charge in [-0.2, -0.15) is 5.10 Å². The summed E-state index contributed by atoms with van der Waals surface area (Å²) < 4.78 is 1.47. The minimum Gasteiger partial charge on any atom is -0.504 e. The second kappa shape index (κ2) is 6.19. The van der Waals surface area contributed by atoms with Crippen molar-refractivity contribution in [3.05, 3.63) is 42.2 Å². The molecule has 6 heteroatoms. The van der Waals surface area contributed by atoms with Gasteiger partial charge in [0.1, 0.15) is 0 Å². The summed E-state index contributed by atoms with van der Waals surface area (Å²) in [6, 6.07) is 9.28. The zero-order chi connectivity index (χ0) is 16.3. The number of hydrogen-bond donors (Lipinski definition) is 3. The van der Waals surface area contributed by atoms with Crippen LogP contribution in [0.25, 0.3) is 5.69 Å². The largest absolute Gasteiger partial charge is 0.504 e. The van der Waals surface area contributed by atoms with Gasteiger partial charge in [0.2, 0.25) is 0 Å².